The SMILES string of the molecule is COc1cccc(NC2=CCC(=[N+]=[N-])C=C2)c1. The minimum Gasteiger partial charge on any atom is -0.497 e. The lowest BCUT2D eigenvalue weighted by Crippen LogP contribution is -2.04. The van der Waals surface area contributed by atoms with Crippen molar-refractivity contribution in [3.05, 3.63) is 53.7 Å². The third kappa shape index (κ3) is 2.83. The van der Waals surface area contributed by atoms with Crippen LogP contribution in [0.25, 0.3) is 5.53 Å². The zero-order valence-electron chi connectivity index (χ0n) is 9.55. The van der Waals surface area contributed by atoms with Crippen LogP contribution < -0.4 is 10.1 Å². The van der Waals surface area contributed by atoms with Gasteiger partial charge in [-0.2, -0.15) is 4.79 Å². The summed E-state index contributed by atoms with van der Waals surface area (Å²) in [4.78, 5) is 3.15. The van der Waals surface area contributed by atoms with E-state index in [0.717, 1.165) is 17.1 Å². The van der Waals surface area contributed by atoms with Gasteiger partial charge in [-0.15, -0.1) is 0 Å². The molecule has 0 spiro atoms. The zero-order valence-corrected chi connectivity index (χ0v) is 9.55. The molecule has 17 heavy (non-hydrogen) atoms. The van der Waals surface area contributed by atoms with Crippen LogP contribution in [0.5, 0.6) is 5.75 Å². The molecule has 0 unspecified atom stereocenters. The van der Waals surface area contributed by atoms with Gasteiger partial charge in [0, 0.05) is 23.5 Å². The van der Waals surface area contributed by atoms with Crippen LogP contribution in [0.4, 0.5) is 5.69 Å². The Kier molecular flexibility index (Phi) is 3.38. The zero-order chi connectivity index (χ0) is 12.1. The number of allylic oxidation sites excluding steroid dienone is 3. The maximum absolute atomic E-state index is 8.61. The summed E-state index contributed by atoms with van der Waals surface area (Å²) in [7, 11) is 1.64. The molecular weight excluding hydrogens is 214 g/mol. The van der Waals surface area contributed by atoms with Crippen LogP contribution >= 0.6 is 0 Å². The first-order chi connectivity index (χ1) is 8.31. The number of nitrogens with one attached hydrogen (secondary N) is 1. The Morgan fingerprint density at radius 2 is 2.24 bits per heavy atom. The third-order valence-corrected chi connectivity index (χ3v) is 2.47. The van der Waals surface area contributed by atoms with Gasteiger partial charge in [0.25, 0.3) is 5.71 Å². The highest BCUT2D eigenvalue weighted by molar-refractivity contribution is 5.93. The lowest BCUT2D eigenvalue weighted by molar-refractivity contribution is -0.00540. The quantitative estimate of drug-likeness (QED) is 0.637. The predicted molar refractivity (Wildman–Crippen MR) is 67.1 cm³/mol. The smallest absolute Gasteiger partial charge is 0.295 e. The molecule has 0 saturated carbocycles. The number of rotatable bonds is 3. The molecule has 1 N–H and O–H groups in total. The summed E-state index contributed by atoms with van der Waals surface area (Å²) in [6.07, 6.45) is 6.24. The Hall–Kier alpha value is -2.32. The van der Waals surface area contributed by atoms with Gasteiger partial charge in [0.1, 0.15) is 5.75 Å². The number of methoxy groups -OCH3 is 1. The number of anilines is 1. The first-order valence-corrected chi connectivity index (χ1v) is 5.32. The van der Waals surface area contributed by atoms with Crippen LogP contribution in [0, 0.1) is 0 Å². The number of hydrogen-bond donors (Lipinski definition) is 1. The van der Waals surface area contributed by atoms with Gasteiger partial charge in [-0.3, -0.25) is 0 Å². The van der Waals surface area contributed by atoms with Gasteiger partial charge >= 0.3 is 0 Å². The Morgan fingerprint density at radius 3 is 2.88 bits per heavy atom. The number of hydrogen-bond acceptors (Lipinski definition) is 2. The van der Waals surface area contributed by atoms with Crippen molar-refractivity contribution < 1.29 is 9.53 Å². The van der Waals surface area contributed by atoms with Gasteiger partial charge in [-0.05, 0) is 24.3 Å². The standard InChI is InChI=1S/C13H13N3O/c1-17-13-4-2-3-12(9-13)15-10-5-7-11(16-14)8-6-10/h2-7,9,15H,8H2,1H3. The second kappa shape index (κ2) is 5.14. The summed E-state index contributed by atoms with van der Waals surface area (Å²) < 4.78 is 5.15. The fourth-order valence-corrected chi connectivity index (χ4v) is 1.57. The van der Waals surface area contributed by atoms with Crippen molar-refractivity contribution in [1.82, 2.24) is 0 Å². The van der Waals surface area contributed by atoms with Crippen molar-refractivity contribution in [2.75, 3.05) is 12.4 Å². The molecule has 1 aromatic rings. The molecule has 0 atom stereocenters. The molecule has 1 aliphatic carbocycles. The Labute approximate surface area is 99.8 Å². The molecule has 0 saturated heterocycles. The Bertz CT molecular complexity index is 525. The van der Waals surface area contributed by atoms with Gasteiger partial charge in [-0.25, -0.2) is 0 Å². The van der Waals surface area contributed by atoms with Gasteiger partial charge in [-0.1, -0.05) is 6.07 Å². The van der Waals surface area contributed by atoms with E-state index in [-0.39, 0.29) is 0 Å². The van der Waals surface area contributed by atoms with Crippen molar-refractivity contribution in [2.24, 2.45) is 0 Å². The molecule has 1 aliphatic rings. The average Bonchev–Trinajstić information content (AvgIpc) is 2.40. The van der Waals surface area contributed by atoms with Crippen LogP contribution in [0.3, 0.4) is 0 Å². The van der Waals surface area contributed by atoms with Crippen molar-refractivity contribution in [3.8, 4) is 5.75 Å². The summed E-state index contributed by atoms with van der Waals surface area (Å²) in [5.74, 6) is 0.813. The highest BCUT2D eigenvalue weighted by Crippen LogP contribution is 2.19. The highest BCUT2D eigenvalue weighted by Gasteiger charge is 2.08. The first-order valence-electron chi connectivity index (χ1n) is 5.32. The van der Waals surface area contributed by atoms with E-state index in [1.54, 1.807) is 13.2 Å². The van der Waals surface area contributed by atoms with E-state index in [1.165, 1.54) is 0 Å². The summed E-state index contributed by atoms with van der Waals surface area (Å²) in [5.41, 5.74) is 11.2. The fraction of sp³-hybridized carbons (Fsp3) is 0.154. The van der Waals surface area contributed by atoms with Crippen LogP contribution in [0.2, 0.25) is 0 Å². The summed E-state index contributed by atoms with van der Waals surface area (Å²) in [6.45, 7) is 0. The topological polar surface area (TPSA) is 57.7 Å². The van der Waals surface area contributed by atoms with Gasteiger partial charge < -0.3 is 15.6 Å². The van der Waals surface area contributed by atoms with Crippen LogP contribution in [-0.4, -0.2) is 17.6 Å². The van der Waals surface area contributed by atoms with Crippen LogP contribution in [0.15, 0.2) is 48.2 Å². The molecule has 0 heterocycles. The molecule has 0 radical (unpaired) electrons. The summed E-state index contributed by atoms with van der Waals surface area (Å²) >= 11 is 0. The predicted octanol–water partition coefficient (Wildman–Crippen LogP) is 2.62. The van der Waals surface area contributed by atoms with E-state index in [2.05, 4.69) is 10.1 Å². The maximum Gasteiger partial charge on any atom is 0.295 e. The monoisotopic (exact) mass is 227 g/mol. The molecule has 0 bridgehead atoms. The van der Waals surface area contributed by atoms with Crippen molar-refractivity contribution in [2.45, 2.75) is 6.42 Å². The van der Waals surface area contributed by atoms with Crippen LogP contribution in [0.1, 0.15) is 6.42 Å². The second-order valence-corrected chi connectivity index (χ2v) is 3.65. The van der Waals surface area contributed by atoms with E-state index in [0.29, 0.717) is 12.1 Å². The lowest BCUT2D eigenvalue weighted by atomic mass is 10.1. The molecule has 0 aliphatic heterocycles. The Balaban J connectivity index is 2.09. The number of ether oxygens (including phenoxy) is 1. The molecule has 0 amide bonds. The molecule has 0 fully saturated rings. The van der Waals surface area contributed by atoms with E-state index in [9.17, 15) is 0 Å². The van der Waals surface area contributed by atoms with Gasteiger partial charge in [0.05, 0.1) is 13.5 Å². The largest absolute Gasteiger partial charge is 0.497 e. The fourth-order valence-electron chi connectivity index (χ4n) is 1.57. The molecule has 0 aromatic heterocycles. The number of benzene rings is 1. The van der Waals surface area contributed by atoms with Crippen molar-refractivity contribution in [1.29, 1.82) is 0 Å². The Morgan fingerprint density at radius 1 is 1.35 bits per heavy atom. The maximum atomic E-state index is 8.61. The second-order valence-electron chi connectivity index (χ2n) is 3.65. The normalized spacial score (nSPS) is 13.9. The van der Waals surface area contributed by atoms with Crippen LogP contribution in [-0.2, 0) is 0 Å². The molecule has 2 rings (SSSR count). The molecule has 86 valence electrons. The summed E-state index contributed by atoms with van der Waals surface area (Å²) in [5, 5.41) is 3.26. The van der Waals surface area contributed by atoms with E-state index in [4.69, 9.17) is 10.3 Å². The molecule has 1 aromatic carbocycles. The third-order valence-electron chi connectivity index (χ3n) is 2.47. The van der Waals surface area contributed by atoms with Gasteiger partial charge in [0.15, 0.2) is 0 Å². The minimum atomic E-state index is 0.624. The molecular formula is C13H13N3O. The number of nitrogens with zero attached hydrogens (tertiary/aromatic N) is 2. The highest BCUT2D eigenvalue weighted by atomic mass is 16.5. The van der Waals surface area contributed by atoms with E-state index in [1.807, 2.05) is 36.4 Å². The average molecular weight is 227 g/mol. The van der Waals surface area contributed by atoms with Gasteiger partial charge in [0.2, 0.25) is 0 Å². The van der Waals surface area contributed by atoms with E-state index >= 15 is 0 Å². The minimum absolute atomic E-state index is 0.624. The lowest BCUT2D eigenvalue weighted by Gasteiger charge is -2.10. The van der Waals surface area contributed by atoms with Crippen molar-refractivity contribution in [3.63, 3.8) is 0 Å². The van der Waals surface area contributed by atoms with E-state index < -0.39 is 0 Å². The van der Waals surface area contributed by atoms with Crippen molar-refractivity contribution >= 4 is 11.4 Å². The molecule has 4 heteroatoms. The molecule has 4 nitrogen and oxygen atoms in total. The first kappa shape index (κ1) is 11.2. The summed E-state index contributed by atoms with van der Waals surface area (Å²) in [6, 6.07) is 7.71.